The van der Waals surface area contributed by atoms with Crippen LogP contribution in [0, 0.1) is 13.5 Å². The molecule has 2 unspecified atom stereocenters. The second kappa shape index (κ2) is 6.89. The van der Waals surface area contributed by atoms with Gasteiger partial charge in [0.2, 0.25) is 0 Å². The molecule has 3 aromatic heterocycles. The zero-order valence-electron chi connectivity index (χ0n) is 16.0. The Labute approximate surface area is 167 Å². The molecule has 6 nitrogen and oxygen atoms in total. The number of rotatable bonds is 3. The fourth-order valence-electron chi connectivity index (χ4n) is 4.21. The van der Waals surface area contributed by atoms with E-state index in [9.17, 15) is 4.39 Å². The number of halogens is 1. The van der Waals surface area contributed by atoms with Crippen LogP contribution in [-0.4, -0.2) is 30.7 Å². The lowest BCUT2D eigenvalue weighted by atomic mass is 10.1. The molecule has 0 saturated heterocycles. The largest absolute Gasteiger partial charge is 0.324 e. The van der Waals surface area contributed by atoms with Crippen molar-refractivity contribution >= 4 is 27.6 Å². The van der Waals surface area contributed by atoms with Gasteiger partial charge in [0, 0.05) is 30.2 Å². The van der Waals surface area contributed by atoms with Crippen molar-refractivity contribution in [1.29, 1.82) is 0 Å². The summed E-state index contributed by atoms with van der Waals surface area (Å²) in [6, 6.07) is 5.51. The van der Waals surface area contributed by atoms with Crippen LogP contribution in [0.3, 0.4) is 0 Å². The predicted molar refractivity (Wildman–Crippen MR) is 109 cm³/mol. The van der Waals surface area contributed by atoms with Gasteiger partial charge in [-0.05, 0) is 38.3 Å². The molecule has 4 aromatic rings. The molecule has 0 bridgehead atoms. The van der Waals surface area contributed by atoms with E-state index in [1.165, 1.54) is 0 Å². The number of aryl methyl sites for hydroxylation is 1. The van der Waals surface area contributed by atoms with E-state index in [2.05, 4.69) is 24.4 Å². The molecule has 0 radical (unpaired) electrons. The Morgan fingerprint density at radius 2 is 2.03 bits per heavy atom. The van der Waals surface area contributed by atoms with Gasteiger partial charge in [-0.15, -0.1) is 0 Å². The van der Waals surface area contributed by atoms with Gasteiger partial charge in [0.1, 0.15) is 17.5 Å². The number of nitrogens with zero attached hydrogens (tertiary/aromatic N) is 6. The monoisotopic (exact) mass is 386 g/mol. The van der Waals surface area contributed by atoms with Gasteiger partial charge in [-0.3, -0.25) is 15.0 Å². The van der Waals surface area contributed by atoms with Gasteiger partial charge in [-0.1, -0.05) is 6.07 Å². The molecule has 7 heteroatoms. The highest BCUT2D eigenvalue weighted by molar-refractivity contribution is 6.03. The van der Waals surface area contributed by atoms with Gasteiger partial charge in [-0.2, -0.15) is 0 Å². The fourth-order valence-corrected chi connectivity index (χ4v) is 4.21. The van der Waals surface area contributed by atoms with Crippen LogP contribution >= 0.6 is 0 Å². The van der Waals surface area contributed by atoms with Crippen LogP contribution < -0.4 is 0 Å². The molecule has 1 aliphatic carbocycles. The molecule has 0 amide bonds. The third-order valence-electron chi connectivity index (χ3n) is 5.58. The maximum Gasteiger partial charge on any atom is 0.188 e. The molecule has 0 spiro atoms. The number of pyridine rings is 1. The Balaban J connectivity index is 1.74. The number of fused-ring (bicyclic) bond motifs is 3. The zero-order valence-corrected chi connectivity index (χ0v) is 16.0. The first-order valence-corrected chi connectivity index (χ1v) is 9.71. The molecule has 1 fully saturated rings. The molecule has 1 aliphatic rings. The summed E-state index contributed by atoms with van der Waals surface area (Å²) in [6.45, 7) is 9.26. The molecule has 5 rings (SSSR count). The summed E-state index contributed by atoms with van der Waals surface area (Å²) >= 11 is 0. The van der Waals surface area contributed by atoms with Crippen LogP contribution in [0.5, 0.6) is 0 Å². The Kier molecular flexibility index (Phi) is 4.20. The van der Waals surface area contributed by atoms with Crippen LogP contribution in [0.15, 0.2) is 36.8 Å². The van der Waals surface area contributed by atoms with Crippen molar-refractivity contribution in [1.82, 2.24) is 24.5 Å². The molecule has 29 heavy (non-hydrogen) atoms. The molecular weight excluding hydrogens is 367 g/mol. The van der Waals surface area contributed by atoms with E-state index >= 15 is 0 Å². The minimum Gasteiger partial charge on any atom is -0.324 e. The third kappa shape index (κ3) is 3.11. The van der Waals surface area contributed by atoms with Gasteiger partial charge < -0.3 is 4.57 Å². The van der Waals surface area contributed by atoms with Crippen molar-refractivity contribution < 1.29 is 4.39 Å². The van der Waals surface area contributed by atoms with Gasteiger partial charge >= 0.3 is 0 Å². The first-order valence-electron chi connectivity index (χ1n) is 9.71. The fraction of sp³-hybridized carbons (Fsp3) is 0.318. The number of aromatic nitrogens is 5. The van der Waals surface area contributed by atoms with Crippen molar-refractivity contribution in [3.05, 3.63) is 65.4 Å². The maximum absolute atomic E-state index is 14.1. The Morgan fingerprint density at radius 1 is 1.14 bits per heavy atom. The second-order valence-electron chi connectivity index (χ2n) is 7.59. The number of imidazole rings is 1. The summed E-state index contributed by atoms with van der Waals surface area (Å²) in [6.07, 6.45) is 6.79. The number of alkyl halides is 1. The van der Waals surface area contributed by atoms with Crippen molar-refractivity contribution in [2.45, 2.75) is 44.8 Å². The summed E-state index contributed by atoms with van der Waals surface area (Å²) in [5.41, 5.74) is 4.73. The summed E-state index contributed by atoms with van der Waals surface area (Å²) in [4.78, 5) is 21.7. The van der Waals surface area contributed by atoms with E-state index in [1.807, 2.05) is 19.1 Å². The Hall–Kier alpha value is -3.40. The lowest BCUT2D eigenvalue weighted by Gasteiger charge is -2.17. The highest BCUT2D eigenvalue weighted by atomic mass is 19.1. The normalized spacial score (nSPS) is 19.1. The quantitative estimate of drug-likeness (QED) is 0.471. The van der Waals surface area contributed by atoms with E-state index < -0.39 is 6.17 Å². The number of hydrogen-bond donors (Lipinski definition) is 0. The van der Waals surface area contributed by atoms with E-state index in [0.29, 0.717) is 24.9 Å². The first kappa shape index (κ1) is 17.7. The minimum atomic E-state index is -0.795. The van der Waals surface area contributed by atoms with Crippen molar-refractivity contribution in [3.8, 4) is 0 Å². The highest BCUT2D eigenvalue weighted by Gasteiger charge is 2.29. The van der Waals surface area contributed by atoms with Crippen LogP contribution in [0.1, 0.15) is 42.5 Å². The molecular formula is C22H19FN6. The van der Waals surface area contributed by atoms with Crippen LogP contribution in [-0.2, 0) is 6.42 Å². The van der Waals surface area contributed by atoms with Gasteiger partial charge in [0.25, 0.3) is 0 Å². The van der Waals surface area contributed by atoms with Crippen LogP contribution in [0.4, 0.5) is 10.1 Å². The van der Waals surface area contributed by atoms with Gasteiger partial charge in [-0.25, -0.2) is 14.2 Å². The summed E-state index contributed by atoms with van der Waals surface area (Å²) < 4.78 is 16.3. The number of benzene rings is 1. The molecule has 0 aliphatic heterocycles. The van der Waals surface area contributed by atoms with Crippen molar-refractivity contribution in [3.63, 3.8) is 0 Å². The lowest BCUT2D eigenvalue weighted by Crippen LogP contribution is -2.11. The average Bonchev–Trinajstić information content (AvgIpc) is 3.32. The smallest absolute Gasteiger partial charge is 0.188 e. The van der Waals surface area contributed by atoms with Crippen molar-refractivity contribution in [2.75, 3.05) is 0 Å². The van der Waals surface area contributed by atoms with E-state index in [1.54, 1.807) is 24.7 Å². The lowest BCUT2D eigenvalue weighted by molar-refractivity contribution is 0.330. The van der Waals surface area contributed by atoms with Gasteiger partial charge in [0.05, 0.1) is 35.2 Å². The Bertz CT molecular complexity index is 1250. The molecule has 3 heterocycles. The van der Waals surface area contributed by atoms with Crippen LogP contribution in [0.25, 0.3) is 26.8 Å². The maximum atomic E-state index is 14.1. The molecule has 2 atom stereocenters. The van der Waals surface area contributed by atoms with E-state index in [4.69, 9.17) is 11.6 Å². The van der Waals surface area contributed by atoms with Crippen LogP contribution in [0.2, 0.25) is 0 Å². The van der Waals surface area contributed by atoms with E-state index in [0.717, 1.165) is 45.6 Å². The average molecular weight is 386 g/mol. The zero-order chi connectivity index (χ0) is 20.0. The topological polar surface area (TPSA) is 60.9 Å². The van der Waals surface area contributed by atoms with Gasteiger partial charge in [0.15, 0.2) is 5.69 Å². The molecule has 1 aromatic carbocycles. The first-order chi connectivity index (χ1) is 14.1. The molecule has 0 N–H and O–H groups in total. The summed E-state index contributed by atoms with van der Waals surface area (Å²) in [5.74, 6) is 0.833. The SMILES string of the molecule is [C-]#[N+]c1ccc2ncc3nc(Cc4cnc(C)cn4)n(C4CCC(F)C4)c3c2c1. The second-order valence-corrected chi connectivity index (χ2v) is 7.59. The summed E-state index contributed by atoms with van der Waals surface area (Å²) in [5, 5.41) is 0.882. The standard InChI is InChI=1S/C22H19FN6/c1-13-10-26-16(11-25-13)9-21-28-20-12-27-19-6-4-15(24-2)8-18(19)22(20)29(21)17-5-3-14(23)7-17/h4,6,8,10-12,14,17H,3,5,7,9H2,1H3. The van der Waals surface area contributed by atoms with Crippen molar-refractivity contribution in [2.24, 2.45) is 0 Å². The molecule has 144 valence electrons. The predicted octanol–water partition coefficient (Wildman–Crippen LogP) is 4.89. The summed E-state index contributed by atoms with van der Waals surface area (Å²) in [7, 11) is 0. The minimum absolute atomic E-state index is 0.0330. The third-order valence-corrected chi connectivity index (χ3v) is 5.58. The van der Waals surface area contributed by atoms with E-state index in [-0.39, 0.29) is 6.04 Å². The molecule has 1 saturated carbocycles. The Morgan fingerprint density at radius 3 is 2.76 bits per heavy atom. The number of hydrogen-bond acceptors (Lipinski definition) is 4. The highest BCUT2D eigenvalue weighted by Crippen LogP contribution is 2.38.